The highest BCUT2D eigenvalue weighted by Gasteiger charge is 2.67. The molecule has 0 heterocycles. The molecule has 21 heavy (non-hydrogen) atoms. The molecule has 0 spiro atoms. The molecule has 2 aliphatic carbocycles. The molecule has 2 rings (SSSR count). The maximum Gasteiger partial charge on any atom is 0.235 e. The van der Waals surface area contributed by atoms with E-state index in [9.17, 15) is 14.4 Å². The van der Waals surface area contributed by atoms with Gasteiger partial charge in [0.25, 0.3) is 0 Å². The van der Waals surface area contributed by atoms with Crippen molar-refractivity contribution in [3.05, 3.63) is 0 Å². The summed E-state index contributed by atoms with van der Waals surface area (Å²) in [6.45, 7) is 4.45. The average Bonchev–Trinajstić information content (AvgIpc) is 2.86. The second kappa shape index (κ2) is 5.87. The van der Waals surface area contributed by atoms with Crippen molar-refractivity contribution in [2.45, 2.75) is 51.1 Å². The van der Waals surface area contributed by atoms with Gasteiger partial charge in [-0.25, -0.2) is 24.4 Å². The minimum absolute atomic E-state index is 0.133. The molecule has 112 valence electrons. The van der Waals surface area contributed by atoms with Crippen LogP contribution < -0.4 is 0 Å². The largest absolute Gasteiger partial charge is 0.235 e. The van der Waals surface area contributed by atoms with Crippen molar-refractivity contribution in [3.8, 4) is 0 Å². The minimum Gasteiger partial charge on any atom is -0.211 e. The van der Waals surface area contributed by atoms with Crippen LogP contribution in [0.4, 0.5) is 0 Å². The number of carbonyl (C=O) groups excluding carboxylic acids is 3. The van der Waals surface area contributed by atoms with E-state index in [0.717, 1.165) is 25.7 Å². The molecule has 5 atom stereocenters. The van der Waals surface area contributed by atoms with E-state index >= 15 is 0 Å². The van der Waals surface area contributed by atoms with Crippen molar-refractivity contribution in [2.75, 3.05) is 6.54 Å². The molecule has 2 saturated carbocycles. The van der Waals surface area contributed by atoms with Crippen LogP contribution in [-0.4, -0.2) is 36.4 Å². The summed E-state index contributed by atoms with van der Waals surface area (Å²) in [7, 11) is 0. The van der Waals surface area contributed by atoms with Gasteiger partial charge >= 0.3 is 0 Å². The molecular formula is C15H19N3O3. The van der Waals surface area contributed by atoms with Gasteiger partial charge in [-0.1, -0.05) is 6.92 Å². The van der Waals surface area contributed by atoms with Crippen molar-refractivity contribution in [1.29, 1.82) is 0 Å². The maximum atomic E-state index is 10.9. The SMILES string of the molecule is CC12CC(CC1N=C=O)C(CCCN=C=O)C2(C)N=C=O. The summed E-state index contributed by atoms with van der Waals surface area (Å²) in [5.41, 5.74) is -0.890. The predicted octanol–water partition coefficient (Wildman–Crippen LogP) is 1.95. The van der Waals surface area contributed by atoms with Gasteiger partial charge in [-0.2, -0.15) is 4.99 Å². The lowest BCUT2D eigenvalue weighted by Gasteiger charge is -2.45. The first-order valence-corrected chi connectivity index (χ1v) is 7.23. The highest BCUT2D eigenvalue weighted by molar-refractivity contribution is 5.39. The van der Waals surface area contributed by atoms with Gasteiger partial charge in [0.15, 0.2) is 0 Å². The Kier molecular flexibility index (Phi) is 4.34. The number of isocyanates is 3. The minimum atomic E-state index is -0.576. The molecular weight excluding hydrogens is 270 g/mol. The van der Waals surface area contributed by atoms with Crippen LogP contribution in [0.2, 0.25) is 0 Å². The van der Waals surface area contributed by atoms with Crippen LogP contribution in [0, 0.1) is 17.3 Å². The summed E-state index contributed by atoms with van der Waals surface area (Å²) in [5, 5.41) is 0. The highest BCUT2D eigenvalue weighted by Crippen LogP contribution is 2.65. The van der Waals surface area contributed by atoms with E-state index in [1.807, 2.05) is 13.8 Å². The standard InChI is InChI=1S/C15H19N3O3/c1-14-7-11(6-13(14)17-9-20)12(4-3-5-16-8-19)15(14,2)18-10-21/h11-13H,3-7H2,1-2H3. The molecule has 0 radical (unpaired) electrons. The lowest BCUT2D eigenvalue weighted by molar-refractivity contribution is 0.0956. The third kappa shape index (κ3) is 2.32. The van der Waals surface area contributed by atoms with Crippen molar-refractivity contribution < 1.29 is 14.4 Å². The van der Waals surface area contributed by atoms with Gasteiger partial charge < -0.3 is 0 Å². The summed E-state index contributed by atoms with van der Waals surface area (Å²) in [5.74, 6) is 0.600. The molecule has 6 nitrogen and oxygen atoms in total. The fourth-order valence-electron chi connectivity index (χ4n) is 4.56. The summed E-state index contributed by atoms with van der Waals surface area (Å²) in [4.78, 5) is 43.3. The van der Waals surface area contributed by atoms with Gasteiger partial charge in [0.2, 0.25) is 18.2 Å². The molecule has 0 aromatic carbocycles. The third-order valence-corrected chi connectivity index (χ3v) is 5.73. The summed E-state index contributed by atoms with van der Waals surface area (Å²) < 4.78 is 0. The van der Waals surface area contributed by atoms with Gasteiger partial charge in [-0.05, 0) is 44.4 Å². The first-order valence-electron chi connectivity index (χ1n) is 7.23. The van der Waals surface area contributed by atoms with E-state index in [-0.39, 0.29) is 17.4 Å². The molecule has 0 aliphatic heterocycles. The highest BCUT2D eigenvalue weighted by atomic mass is 16.1. The Hall–Kier alpha value is -1.86. The van der Waals surface area contributed by atoms with Crippen LogP contribution in [-0.2, 0) is 14.4 Å². The van der Waals surface area contributed by atoms with Crippen LogP contribution in [0.3, 0.4) is 0 Å². The lowest BCUT2D eigenvalue weighted by atomic mass is 9.63. The molecule has 0 aromatic rings. The fourth-order valence-corrected chi connectivity index (χ4v) is 4.56. The van der Waals surface area contributed by atoms with Crippen molar-refractivity contribution >= 4 is 18.2 Å². The monoisotopic (exact) mass is 289 g/mol. The Morgan fingerprint density at radius 3 is 2.52 bits per heavy atom. The van der Waals surface area contributed by atoms with Crippen LogP contribution in [0.15, 0.2) is 15.0 Å². The van der Waals surface area contributed by atoms with E-state index in [1.165, 1.54) is 6.08 Å². The van der Waals surface area contributed by atoms with Gasteiger partial charge in [-0.15, -0.1) is 0 Å². The molecule has 0 saturated heterocycles. The number of rotatable bonds is 6. The zero-order valence-corrected chi connectivity index (χ0v) is 12.3. The quantitative estimate of drug-likeness (QED) is 0.425. The fraction of sp³-hybridized carbons (Fsp3) is 0.800. The van der Waals surface area contributed by atoms with E-state index < -0.39 is 5.54 Å². The molecule has 2 aliphatic rings. The Morgan fingerprint density at radius 2 is 1.90 bits per heavy atom. The second-order valence-electron chi connectivity index (χ2n) is 6.43. The van der Waals surface area contributed by atoms with Crippen molar-refractivity contribution in [2.24, 2.45) is 32.2 Å². The predicted molar refractivity (Wildman–Crippen MR) is 75.0 cm³/mol. The van der Waals surface area contributed by atoms with Gasteiger partial charge in [0, 0.05) is 5.41 Å². The Morgan fingerprint density at radius 1 is 1.14 bits per heavy atom. The number of aliphatic imine (C=N–C) groups is 3. The molecule has 0 aromatic heterocycles. The molecule has 2 bridgehead atoms. The average molecular weight is 289 g/mol. The Bertz CT molecular complexity index is 559. The van der Waals surface area contributed by atoms with Crippen molar-refractivity contribution in [3.63, 3.8) is 0 Å². The van der Waals surface area contributed by atoms with Crippen LogP contribution in [0.1, 0.15) is 39.5 Å². The zero-order chi connectivity index (χ0) is 15.5. The number of hydrogen-bond donors (Lipinski definition) is 0. The summed E-state index contributed by atoms with van der Waals surface area (Å²) in [6.07, 6.45) is 8.22. The van der Waals surface area contributed by atoms with E-state index in [0.29, 0.717) is 12.5 Å². The zero-order valence-electron chi connectivity index (χ0n) is 12.3. The van der Waals surface area contributed by atoms with Crippen LogP contribution in [0.5, 0.6) is 0 Å². The Labute approximate surface area is 123 Å². The summed E-state index contributed by atoms with van der Waals surface area (Å²) >= 11 is 0. The first-order chi connectivity index (χ1) is 10.0. The first kappa shape index (κ1) is 15.5. The second-order valence-corrected chi connectivity index (χ2v) is 6.43. The number of nitrogens with zero attached hydrogens (tertiary/aromatic N) is 3. The molecule has 6 heteroatoms. The van der Waals surface area contributed by atoms with Gasteiger partial charge in [0.1, 0.15) is 0 Å². The number of fused-ring (bicyclic) bond motifs is 2. The summed E-state index contributed by atoms with van der Waals surface area (Å²) in [6, 6.07) is -0.133. The van der Waals surface area contributed by atoms with Gasteiger partial charge in [-0.3, -0.25) is 0 Å². The van der Waals surface area contributed by atoms with E-state index in [2.05, 4.69) is 15.0 Å². The topological polar surface area (TPSA) is 88.3 Å². The normalized spacial score (nSPS) is 40.0. The molecule has 0 N–H and O–H groups in total. The van der Waals surface area contributed by atoms with Crippen LogP contribution in [0.25, 0.3) is 0 Å². The van der Waals surface area contributed by atoms with Crippen LogP contribution >= 0.6 is 0 Å². The lowest BCUT2D eigenvalue weighted by Crippen LogP contribution is -2.51. The Balaban J connectivity index is 2.26. The molecule has 2 fully saturated rings. The van der Waals surface area contributed by atoms with Crippen molar-refractivity contribution in [1.82, 2.24) is 0 Å². The van der Waals surface area contributed by atoms with E-state index in [4.69, 9.17) is 0 Å². The smallest absolute Gasteiger partial charge is 0.211 e. The third-order valence-electron chi connectivity index (χ3n) is 5.73. The maximum absolute atomic E-state index is 10.9. The molecule has 5 unspecified atom stereocenters. The van der Waals surface area contributed by atoms with E-state index in [1.54, 1.807) is 12.2 Å². The van der Waals surface area contributed by atoms with Gasteiger partial charge in [0.05, 0.1) is 18.1 Å². The number of hydrogen-bond acceptors (Lipinski definition) is 6. The molecule has 0 amide bonds.